The van der Waals surface area contributed by atoms with Crippen LogP contribution in [0.3, 0.4) is 0 Å². The van der Waals surface area contributed by atoms with Gasteiger partial charge in [-0.05, 0) is 37.8 Å². The molecule has 2 heterocycles. The molecule has 1 aliphatic carbocycles. The largest absolute Gasteiger partial charge is 0.357 e. The summed E-state index contributed by atoms with van der Waals surface area (Å²) in [6.07, 6.45) is 7.12. The second kappa shape index (κ2) is 10.2. The fourth-order valence-electron chi connectivity index (χ4n) is 3.78. The summed E-state index contributed by atoms with van der Waals surface area (Å²) in [7, 11) is 0. The van der Waals surface area contributed by atoms with Crippen molar-refractivity contribution in [1.82, 2.24) is 14.8 Å². The van der Waals surface area contributed by atoms with Crippen molar-refractivity contribution in [2.45, 2.75) is 51.5 Å². The van der Waals surface area contributed by atoms with Crippen LogP contribution in [-0.4, -0.2) is 78.2 Å². The van der Waals surface area contributed by atoms with Crippen molar-refractivity contribution in [2.24, 2.45) is 0 Å². The van der Waals surface area contributed by atoms with Crippen molar-refractivity contribution in [3.63, 3.8) is 0 Å². The third-order valence-electron chi connectivity index (χ3n) is 5.56. The van der Waals surface area contributed by atoms with Crippen LogP contribution in [0.5, 0.6) is 0 Å². The molecule has 0 amide bonds. The van der Waals surface area contributed by atoms with Crippen molar-refractivity contribution in [3.05, 3.63) is 24.4 Å². The van der Waals surface area contributed by atoms with Gasteiger partial charge in [0.05, 0.1) is 6.61 Å². The quantitative estimate of drug-likeness (QED) is 0.508. The zero-order valence-electron chi connectivity index (χ0n) is 16.1. The molecule has 1 N–H and O–H groups in total. The molecule has 3 rings (SSSR count). The first-order valence-electron chi connectivity index (χ1n) is 10.2. The van der Waals surface area contributed by atoms with Gasteiger partial charge in [0.15, 0.2) is 0 Å². The van der Waals surface area contributed by atoms with E-state index in [1.54, 1.807) is 0 Å². The number of aliphatic hydroxyl groups excluding tert-OH is 1. The van der Waals surface area contributed by atoms with Gasteiger partial charge >= 0.3 is 0 Å². The molecule has 146 valence electrons. The fourth-order valence-corrected chi connectivity index (χ4v) is 3.78. The smallest absolute Gasteiger partial charge is 0.216 e. The maximum atomic E-state index is 10.3. The van der Waals surface area contributed by atoms with Crippen LogP contribution in [0.15, 0.2) is 24.4 Å². The molecule has 2 aliphatic rings. The normalized spacial score (nSPS) is 20.7. The van der Waals surface area contributed by atoms with Gasteiger partial charge in [-0.15, -0.1) is 0 Å². The third-order valence-corrected chi connectivity index (χ3v) is 5.56. The Hall–Kier alpha value is -1.21. The molecule has 1 aromatic heterocycles. The zero-order chi connectivity index (χ0) is 18.2. The van der Waals surface area contributed by atoms with E-state index in [4.69, 9.17) is 4.74 Å². The van der Waals surface area contributed by atoms with E-state index in [0.717, 1.165) is 64.0 Å². The Morgan fingerprint density at radius 3 is 2.65 bits per heavy atom. The van der Waals surface area contributed by atoms with E-state index in [1.807, 2.05) is 24.4 Å². The van der Waals surface area contributed by atoms with Crippen LogP contribution in [0.2, 0.25) is 0 Å². The predicted octanol–water partition coefficient (Wildman–Crippen LogP) is 2.15. The molecule has 2 fully saturated rings. The predicted molar refractivity (Wildman–Crippen MR) is 104 cm³/mol. The summed E-state index contributed by atoms with van der Waals surface area (Å²) in [4.78, 5) is 11.4. The molecule has 1 aliphatic heterocycles. The van der Waals surface area contributed by atoms with E-state index in [-0.39, 0.29) is 0 Å². The van der Waals surface area contributed by atoms with Crippen molar-refractivity contribution in [1.29, 1.82) is 0 Å². The highest BCUT2D eigenvalue weighted by atomic mass is 16.6. The Morgan fingerprint density at radius 2 is 2.04 bits per heavy atom. The second-order valence-electron chi connectivity index (χ2n) is 7.38. The minimum absolute atomic E-state index is 0.567. The van der Waals surface area contributed by atoms with Gasteiger partial charge in [0.1, 0.15) is 5.82 Å². The minimum atomic E-state index is -0.770. The molecule has 0 radical (unpaired) electrons. The lowest BCUT2D eigenvalue weighted by atomic mass is 9.91. The highest BCUT2D eigenvalue weighted by Gasteiger charge is 2.29. The van der Waals surface area contributed by atoms with Gasteiger partial charge in [-0.25, -0.2) is 4.98 Å². The molecule has 1 unspecified atom stereocenters. The van der Waals surface area contributed by atoms with Crippen LogP contribution in [0.4, 0.5) is 5.82 Å². The first kappa shape index (κ1) is 19.5. The maximum Gasteiger partial charge on any atom is 0.216 e. The molecule has 1 saturated heterocycles. The molecule has 0 aromatic carbocycles. The van der Waals surface area contributed by atoms with Crippen LogP contribution < -0.4 is 4.90 Å². The Kier molecular flexibility index (Phi) is 7.68. The number of aliphatic hydroxyl groups is 1. The molecule has 0 spiro atoms. The number of hydrogen-bond donors (Lipinski definition) is 1. The number of hydrogen-bond acceptors (Lipinski definition) is 6. The Bertz CT molecular complexity index is 504. The molecule has 0 bridgehead atoms. The lowest BCUT2D eigenvalue weighted by Gasteiger charge is -2.43. The minimum Gasteiger partial charge on any atom is -0.357 e. The number of rotatable bonds is 10. The van der Waals surface area contributed by atoms with E-state index in [0.29, 0.717) is 6.61 Å². The molecular weight excluding hydrogens is 328 g/mol. The Morgan fingerprint density at radius 1 is 1.23 bits per heavy atom. The molecular formula is C20H34N4O2. The Labute approximate surface area is 157 Å². The average Bonchev–Trinajstić information content (AvgIpc) is 2.64. The maximum absolute atomic E-state index is 10.3. The van der Waals surface area contributed by atoms with Crippen LogP contribution >= 0.6 is 0 Å². The van der Waals surface area contributed by atoms with Gasteiger partial charge in [-0.2, -0.15) is 0 Å². The fraction of sp³-hybridized carbons (Fsp3) is 0.750. The number of piperazine rings is 1. The summed E-state index contributed by atoms with van der Waals surface area (Å²) in [5, 5.41) is 10.3. The molecule has 6 heteroatoms. The number of ether oxygens (including phenoxy) is 1. The average molecular weight is 363 g/mol. The van der Waals surface area contributed by atoms with Crippen molar-refractivity contribution >= 4 is 5.82 Å². The third kappa shape index (κ3) is 5.39. The van der Waals surface area contributed by atoms with Gasteiger partial charge in [-0.1, -0.05) is 19.4 Å². The molecule has 1 aromatic rings. The Balaban J connectivity index is 1.33. The summed E-state index contributed by atoms with van der Waals surface area (Å²) >= 11 is 0. The van der Waals surface area contributed by atoms with Crippen molar-refractivity contribution < 1.29 is 9.84 Å². The highest BCUT2D eigenvalue weighted by molar-refractivity contribution is 5.37. The van der Waals surface area contributed by atoms with E-state index in [2.05, 4.69) is 26.6 Å². The van der Waals surface area contributed by atoms with Gasteiger partial charge < -0.3 is 14.7 Å². The topological polar surface area (TPSA) is 52.1 Å². The van der Waals surface area contributed by atoms with E-state index < -0.39 is 6.41 Å². The number of aromatic nitrogens is 1. The van der Waals surface area contributed by atoms with Crippen LogP contribution in [0.25, 0.3) is 0 Å². The monoisotopic (exact) mass is 362 g/mol. The van der Waals surface area contributed by atoms with Gasteiger partial charge in [0, 0.05) is 51.5 Å². The summed E-state index contributed by atoms with van der Waals surface area (Å²) < 4.78 is 5.70. The SMILES string of the molecule is CCCN(CCCOC(O)N1CCN(C2CCC2)CC1)c1ccccn1. The summed E-state index contributed by atoms with van der Waals surface area (Å²) in [6, 6.07) is 6.81. The standard InChI is InChI=1S/C20H34N4O2/c1-2-11-23(19-9-3-4-10-21-19)12-6-17-26-20(25)24-15-13-22(14-16-24)18-7-5-8-18/h3-4,9-10,18,20,25H,2,5-8,11-17H2,1H3. The van der Waals surface area contributed by atoms with E-state index in [9.17, 15) is 5.11 Å². The first-order chi connectivity index (χ1) is 12.8. The van der Waals surface area contributed by atoms with E-state index in [1.165, 1.54) is 19.3 Å². The summed E-state index contributed by atoms with van der Waals surface area (Å²) in [6.45, 7) is 8.53. The van der Waals surface area contributed by atoms with E-state index >= 15 is 0 Å². The second-order valence-corrected chi connectivity index (χ2v) is 7.38. The number of nitrogens with zero attached hydrogens (tertiary/aromatic N) is 4. The molecule has 1 saturated carbocycles. The van der Waals surface area contributed by atoms with Crippen molar-refractivity contribution in [2.75, 3.05) is 50.8 Å². The highest BCUT2D eigenvalue weighted by Crippen LogP contribution is 2.25. The molecule has 1 atom stereocenters. The lowest BCUT2D eigenvalue weighted by molar-refractivity contribution is -0.202. The van der Waals surface area contributed by atoms with Crippen LogP contribution in [0, 0.1) is 0 Å². The lowest BCUT2D eigenvalue weighted by Crippen LogP contribution is -2.55. The first-order valence-corrected chi connectivity index (χ1v) is 10.2. The summed E-state index contributed by atoms with van der Waals surface area (Å²) in [5.74, 6) is 1.02. The zero-order valence-corrected chi connectivity index (χ0v) is 16.1. The number of anilines is 1. The van der Waals surface area contributed by atoms with Crippen molar-refractivity contribution in [3.8, 4) is 0 Å². The van der Waals surface area contributed by atoms with Crippen LogP contribution in [-0.2, 0) is 4.74 Å². The van der Waals surface area contributed by atoms with Gasteiger partial charge in [0.2, 0.25) is 6.41 Å². The van der Waals surface area contributed by atoms with Gasteiger partial charge in [-0.3, -0.25) is 9.80 Å². The molecule has 6 nitrogen and oxygen atoms in total. The van der Waals surface area contributed by atoms with Crippen LogP contribution in [0.1, 0.15) is 39.0 Å². The summed E-state index contributed by atoms with van der Waals surface area (Å²) in [5.41, 5.74) is 0. The number of pyridine rings is 1. The van der Waals surface area contributed by atoms with Gasteiger partial charge in [0.25, 0.3) is 0 Å². The molecule has 26 heavy (non-hydrogen) atoms.